The van der Waals surface area contributed by atoms with Crippen LogP contribution in [-0.4, -0.2) is 41.8 Å². The first-order valence-electron chi connectivity index (χ1n) is 6.89. The molecule has 0 saturated heterocycles. The summed E-state index contributed by atoms with van der Waals surface area (Å²) in [7, 11) is 2.65. The average Bonchev–Trinajstić information content (AvgIpc) is 2.41. The molecule has 0 aromatic rings. The first-order chi connectivity index (χ1) is 9.10. The topological polar surface area (TPSA) is 36.9 Å². The normalized spacial score (nSPS) is 11.6. The van der Waals surface area contributed by atoms with Gasteiger partial charge in [0.2, 0.25) is 0 Å². The summed E-state index contributed by atoms with van der Waals surface area (Å²) in [6, 6.07) is 0.893. The van der Waals surface area contributed by atoms with Crippen molar-refractivity contribution in [3.05, 3.63) is 0 Å². The van der Waals surface area contributed by atoms with E-state index >= 15 is 0 Å². The molecule has 0 fully saturated rings. The van der Waals surface area contributed by atoms with E-state index in [0.717, 1.165) is 25.5 Å². The lowest BCUT2D eigenvalue weighted by atomic mass is 10.1. The number of thiocarbonyl (C=S) groups is 1. The first-order valence-corrected chi connectivity index (χ1v) is 9.23. The fourth-order valence-electron chi connectivity index (χ4n) is 1.92. The van der Waals surface area contributed by atoms with Gasteiger partial charge in [-0.15, -0.1) is 0 Å². The van der Waals surface area contributed by atoms with E-state index in [1.54, 1.807) is 21.3 Å². The Hall–Kier alpha value is -0.0131. The minimum absolute atomic E-state index is 0.639. The van der Waals surface area contributed by atoms with Crippen LogP contribution in [0.2, 0.25) is 6.04 Å². The van der Waals surface area contributed by atoms with Gasteiger partial charge in [0.05, 0.1) is 6.61 Å². The summed E-state index contributed by atoms with van der Waals surface area (Å²) >= 11 is 4.85. The van der Waals surface area contributed by atoms with Crippen molar-refractivity contribution in [3.63, 3.8) is 0 Å². The highest BCUT2D eigenvalue weighted by molar-refractivity contribution is 7.80. The van der Waals surface area contributed by atoms with E-state index in [4.69, 9.17) is 30.2 Å². The first kappa shape index (κ1) is 19.0. The van der Waals surface area contributed by atoms with Crippen LogP contribution < -0.4 is 0 Å². The lowest BCUT2D eigenvalue weighted by molar-refractivity contribution is 0.122. The van der Waals surface area contributed by atoms with Gasteiger partial charge in [0, 0.05) is 34.3 Å². The predicted molar refractivity (Wildman–Crippen MR) is 83.5 cm³/mol. The standard InChI is InChI=1S/C13H28O4SSi/c1-13(18)17-11-9-7-5-6-8-10-12-19(14-2,15-3)16-4/h5-12H2,1-4H3. The minimum atomic E-state index is -2.35. The number of hydrogen-bond donors (Lipinski definition) is 0. The van der Waals surface area contributed by atoms with Crippen molar-refractivity contribution in [3.8, 4) is 0 Å². The lowest BCUT2D eigenvalue weighted by Gasteiger charge is -2.24. The van der Waals surface area contributed by atoms with Crippen LogP contribution in [0.1, 0.15) is 45.4 Å². The molecule has 0 atom stereocenters. The van der Waals surface area contributed by atoms with Gasteiger partial charge >= 0.3 is 8.80 Å². The highest BCUT2D eigenvalue weighted by Gasteiger charge is 2.36. The van der Waals surface area contributed by atoms with Gasteiger partial charge in [-0.1, -0.05) is 25.7 Å². The maximum Gasteiger partial charge on any atom is 0.500 e. The third kappa shape index (κ3) is 9.51. The van der Waals surface area contributed by atoms with Crippen molar-refractivity contribution in [1.29, 1.82) is 0 Å². The molecule has 0 heterocycles. The summed E-state index contributed by atoms with van der Waals surface area (Å²) in [5, 5.41) is 0.639. The lowest BCUT2D eigenvalue weighted by Crippen LogP contribution is -2.42. The van der Waals surface area contributed by atoms with Crippen molar-refractivity contribution >= 4 is 26.1 Å². The van der Waals surface area contributed by atoms with Crippen molar-refractivity contribution < 1.29 is 18.0 Å². The summed E-state index contributed by atoms with van der Waals surface area (Å²) in [6.07, 6.45) is 7.04. The molecule has 0 spiro atoms. The Balaban J connectivity index is 3.42. The zero-order valence-corrected chi connectivity index (χ0v) is 14.5. The van der Waals surface area contributed by atoms with Crippen LogP contribution in [0.25, 0.3) is 0 Å². The molecule has 6 heteroatoms. The average molecular weight is 309 g/mol. The van der Waals surface area contributed by atoms with Crippen molar-refractivity contribution in [1.82, 2.24) is 0 Å². The van der Waals surface area contributed by atoms with Gasteiger partial charge in [-0.3, -0.25) is 0 Å². The van der Waals surface area contributed by atoms with E-state index < -0.39 is 8.80 Å². The summed E-state index contributed by atoms with van der Waals surface area (Å²) in [5.41, 5.74) is 0. The van der Waals surface area contributed by atoms with Crippen molar-refractivity contribution in [2.24, 2.45) is 0 Å². The number of rotatable bonds is 12. The molecule has 0 aromatic heterocycles. The SMILES string of the molecule is CO[Si](CCCCCCCCOC(C)=S)(OC)OC. The molecule has 0 amide bonds. The Kier molecular flexibility index (Phi) is 11.8. The van der Waals surface area contributed by atoms with Crippen LogP contribution in [0.15, 0.2) is 0 Å². The second-order valence-electron chi connectivity index (χ2n) is 4.51. The molecule has 0 aliphatic heterocycles. The molecular formula is C13H28O4SSi. The van der Waals surface area contributed by atoms with E-state index in [0.29, 0.717) is 5.05 Å². The number of hydrogen-bond acceptors (Lipinski definition) is 5. The Bertz CT molecular complexity index is 226. The summed E-state index contributed by atoms with van der Waals surface area (Å²) in [6.45, 7) is 2.56. The molecule has 0 radical (unpaired) electrons. The molecular weight excluding hydrogens is 280 g/mol. The van der Waals surface area contributed by atoms with Crippen LogP contribution in [0, 0.1) is 0 Å². The molecule has 4 nitrogen and oxygen atoms in total. The fraction of sp³-hybridized carbons (Fsp3) is 0.923. The van der Waals surface area contributed by atoms with Gasteiger partial charge in [0.15, 0.2) is 5.05 Å². The van der Waals surface area contributed by atoms with Crippen LogP contribution >= 0.6 is 12.2 Å². The molecule has 0 aliphatic rings. The van der Waals surface area contributed by atoms with Crippen molar-refractivity contribution in [2.45, 2.75) is 51.5 Å². The monoisotopic (exact) mass is 308 g/mol. The molecule has 0 aromatic carbocycles. The molecule has 0 saturated carbocycles. The number of ether oxygens (including phenoxy) is 1. The van der Waals surface area contributed by atoms with Crippen LogP contribution in [0.3, 0.4) is 0 Å². The fourth-order valence-corrected chi connectivity index (χ4v) is 3.80. The second-order valence-corrected chi connectivity index (χ2v) is 8.17. The predicted octanol–water partition coefficient (Wildman–Crippen LogP) is 3.57. The minimum Gasteiger partial charge on any atom is -0.487 e. The van der Waals surface area contributed by atoms with Gasteiger partial charge < -0.3 is 18.0 Å². The van der Waals surface area contributed by atoms with E-state index in [9.17, 15) is 0 Å². The van der Waals surface area contributed by atoms with Crippen LogP contribution in [0.4, 0.5) is 0 Å². The molecule has 114 valence electrons. The maximum atomic E-state index is 5.38. The van der Waals surface area contributed by atoms with Crippen LogP contribution in [-0.2, 0) is 18.0 Å². The Morgan fingerprint density at radius 1 is 0.842 bits per heavy atom. The van der Waals surface area contributed by atoms with E-state index in [1.165, 1.54) is 25.7 Å². The van der Waals surface area contributed by atoms with E-state index in [1.807, 2.05) is 6.92 Å². The molecule has 0 rings (SSSR count). The summed E-state index contributed by atoms with van der Waals surface area (Å²) in [4.78, 5) is 0. The quantitative estimate of drug-likeness (QED) is 0.313. The molecule has 0 N–H and O–H groups in total. The molecule has 0 unspecified atom stereocenters. The van der Waals surface area contributed by atoms with Gasteiger partial charge in [-0.25, -0.2) is 0 Å². The summed E-state index contributed by atoms with van der Waals surface area (Å²) < 4.78 is 21.4. The van der Waals surface area contributed by atoms with E-state index in [-0.39, 0.29) is 0 Å². The highest BCUT2D eigenvalue weighted by atomic mass is 32.1. The van der Waals surface area contributed by atoms with Crippen molar-refractivity contribution in [2.75, 3.05) is 27.9 Å². The van der Waals surface area contributed by atoms with Gasteiger partial charge in [-0.2, -0.15) is 0 Å². The third-order valence-corrected chi connectivity index (χ3v) is 6.07. The largest absolute Gasteiger partial charge is 0.500 e. The zero-order chi connectivity index (χ0) is 14.6. The Morgan fingerprint density at radius 2 is 1.32 bits per heavy atom. The zero-order valence-electron chi connectivity index (χ0n) is 12.7. The van der Waals surface area contributed by atoms with Crippen LogP contribution in [0.5, 0.6) is 0 Å². The highest BCUT2D eigenvalue weighted by Crippen LogP contribution is 2.18. The van der Waals surface area contributed by atoms with Gasteiger partial charge in [0.25, 0.3) is 0 Å². The summed E-state index contributed by atoms with van der Waals surface area (Å²) in [5.74, 6) is 0. The smallest absolute Gasteiger partial charge is 0.487 e. The number of unbranched alkanes of at least 4 members (excludes halogenated alkanes) is 5. The second kappa shape index (κ2) is 11.8. The van der Waals surface area contributed by atoms with E-state index in [2.05, 4.69) is 0 Å². The molecule has 0 bridgehead atoms. The third-order valence-electron chi connectivity index (χ3n) is 3.12. The van der Waals surface area contributed by atoms with Gasteiger partial charge in [-0.05, 0) is 25.1 Å². The molecule has 0 aliphatic carbocycles. The molecule has 19 heavy (non-hydrogen) atoms. The Morgan fingerprint density at radius 3 is 1.79 bits per heavy atom. The Labute approximate surface area is 124 Å². The van der Waals surface area contributed by atoms with Gasteiger partial charge in [0.1, 0.15) is 0 Å². The maximum absolute atomic E-state index is 5.38.